The number of aliphatic imine (C=N–C) groups is 1. The molecule has 0 aliphatic carbocycles. The third-order valence-electron chi connectivity index (χ3n) is 6.30. The smallest absolute Gasteiger partial charge is 0.480 e. The number of hydrogen-bond acceptors (Lipinski definition) is 10. The summed E-state index contributed by atoms with van der Waals surface area (Å²) in [5.41, 5.74) is 5.48. The molecule has 0 saturated carbocycles. The molecule has 0 bridgehead atoms. The maximum absolute atomic E-state index is 15.0. The van der Waals surface area contributed by atoms with Crippen molar-refractivity contribution in [2.24, 2.45) is 15.1 Å². The summed E-state index contributed by atoms with van der Waals surface area (Å²) in [7, 11) is -0.190. The molecule has 0 amide bonds. The average molecular weight is 605 g/mol. The number of hydrogen-bond donors (Lipinski definition) is 2. The van der Waals surface area contributed by atoms with Crippen molar-refractivity contribution in [1.82, 2.24) is 15.1 Å². The Labute approximate surface area is 230 Å². The largest absolute Gasteiger partial charge is 0.490 e. The number of nitrogens with two attached hydrogens (primary N) is 1. The van der Waals surface area contributed by atoms with Gasteiger partial charge < -0.3 is 20.1 Å². The Kier molecular flexibility index (Phi) is 8.71. The summed E-state index contributed by atoms with van der Waals surface area (Å²) >= 11 is 0. The van der Waals surface area contributed by atoms with E-state index in [1.165, 1.54) is 44.8 Å². The molecular formula is C24H25F5N6O5S. The summed E-state index contributed by atoms with van der Waals surface area (Å²) in [6.07, 6.45) is -2.17. The molecule has 2 atom stereocenters. The first kappa shape index (κ1) is 31.4. The molecule has 3 N–H and O–H groups in total. The highest BCUT2D eigenvalue weighted by atomic mass is 32.2. The predicted octanol–water partition coefficient (Wildman–Crippen LogP) is 3.99. The van der Waals surface area contributed by atoms with E-state index in [9.17, 15) is 21.8 Å². The Morgan fingerprint density at radius 3 is 2.39 bits per heavy atom. The molecule has 0 radical (unpaired) electrons. The van der Waals surface area contributed by atoms with Crippen LogP contribution >= 0.6 is 0 Å². The van der Waals surface area contributed by atoms with Gasteiger partial charge in [0.15, 0.2) is 5.76 Å². The zero-order valence-electron chi connectivity index (χ0n) is 22.1. The van der Waals surface area contributed by atoms with E-state index >= 15 is 4.39 Å². The molecule has 1 aliphatic heterocycles. The number of nitrogens with zero attached hydrogens (tertiary/aromatic N) is 5. The van der Waals surface area contributed by atoms with Crippen molar-refractivity contribution >= 4 is 21.5 Å². The van der Waals surface area contributed by atoms with Crippen molar-refractivity contribution < 1.29 is 45.3 Å². The van der Waals surface area contributed by atoms with E-state index in [4.69, 9.17) is 24.9 Å². The van der Waals surface area contributed by atoms with Gasteiger partial charge in [-0.15, -0.1) is 0 Å². The number of aromatic nitrogens is 3. The molecule has 0 saturated heterocycles. The highest BCUT2D eigenvalue weighted by molar-refractivity contribution is 7.95. The monoisotopic (exact) mass is 604 g/mol. The Morgan fingerprint density at radius 2 is 1.88 bits per heavy atom. The predicted molar refractivity (Wildman–Crippen MR) is 138 cm³/mol. The van der Waals surface area contributed by atoms with Gasteiger partial charge in [-0.2, -0.15) is 13.2 Å². The van der Waals surface area contributed by atoms with Crippen LogP contribution in [0.1, 0.15) is 19.4 Å². The first-order chi connectivity index (χ1) is 19.0. The SMILES string of the molecule is CN=[S@]1(=O)C[C@](CF)(c2cc(-c3cc(-c4cnc(OC)cn4)no3)ccc2F)N=C(N)C1(C)C.O=C(O)C(F)(F)F. The van der Waals surface area contributed by atoms with Crippen molar-refractivity contribution in [3.8, 4) is 28.6 Å². The van der Waals surface area contributed by atoms with Crippen molar-refractivity contribution in [2.45, 2.75) is 30.3 Å². The van der Waals surface area contributed by atoms with Gasteiger partial charge in [0.2, 0.25) is 5.88 Å². The number of amidine groups is 1. The molecular weight excluding hydrogens is 579 g/mol. The van der Waals surface area contributed by atoms with Crippen molar-refractivity contribution in [2.75, 3.05) is 26.6 Å². The first-order valence-corrected chi connectivity index (χ1v) is 13.2. The number of aliphatic carboxylic acids is 1. The fourth-order valence-electron chi connectivity index (χ4n) is 3.76. The van der Waals surface area contributed by atoms with Gasteiger partial charge in [-0.25, -0.2) is 32.1 Å². The summed E-state index contributed by atoms with van der Waals surface area (Å²) in [6, 6.07) is 5.65. The van der Waals surface area contributed by atoms with Crippen molar-refractivity contribution in [3.63, 3.8) is 0 Å². The topological polar surface area (TPSA) is 166 Å². The Hall–Kier alpha value is -4.15. The molecule has 17 heteroatoms. The Balaban J connectivity index is 0.000000587. The van der Waals surface area contributed by atoms with Gasteiger partial charge in [-0.1, -0.05) is 5.16 Å². The van der Waals surface area contributed by atoms with Gasteiger partial charge in [0.05, 0.1) is 35.0 Å². The summed E-state index contributed by atoms with van der Waals surface area (Å²) in [5, 5.41) is 11.1. The van der Waals surface area contributed by atoms with Gasteiger partial charge >= 0.3 is 12.1 Å². The second kappa shape index (κ2) is 11.4. The number of halogens is 5. The second-order valence-electron chi connectivity index (χ2n) is 9.16. The summed E-state index contributed by atoms with van der Waals surface area (Å²) < 4.78 is 88.3. The van der Waals surface area contributed by atoms with Crippen LogP contribution in [0.4, 0.5) is 22.0 Å². The van der Waals surface area contributed by atoms with Crippen LogP contribution in [0, 0.1) is 5.82 Å². The van der Waals surface area contributed by atoms with E-state index in [1.54, 1.807) is 19.9 Å². The lowest BCUT2D eigenvalue weighted by molar-refractivity contribution is -0.192. The van der Waals surface area contributed by atoms with Gasteiger partial charge in [0.1, 0.15) is 40.0 Å². The lowest BCUT2D eigenvalue weighted by atomic mass is 9.90. The Bertz CT molecular complexity index is 1580. The maximum Gasteiger partial charge on any atom is 0.490 e. The van der Waals surface area contributed by atoms with Crippen LogP contribution in [0.5, 0.6) is 5.88 Å². The van der Waals surface area contributed by atoms with Gasteiger partial charge in [-0.05, 0) is 32.0 Å². The molecule has 3 aromatic rings. The second-order valence-corrected chi connectivity index (χ2v) is 12.1. The molecule has 41 heavy (non-hydrogen) atoms. The van der Waals surface area contributed by atoms with Crippen molar-refractivity contribution in [3.05, 3.63) is 48.0 Å². The van der Waals surface area contributed by atoms with E-state index in [1.807, 2.05) is 0 Å². The molecule has 11 nitrogen and oxygen atoms in total. The number of rotatable bonds is 5. The van der Waals surface area contributed by atoms with Crippen LogP contribution in [-0.2, 0) is 20.1 Å². The minimum absolute atomic E-state index is 0.0446. The van der Waals surface area contributed by atoms with Crippen LogP contribution in [0.25, 0.3) is 22.7 Å². The molecule has 0 unspecified atom stereocenters. The standard InChI is InChI=1S/C22H24F2N6O3S.C2HF3O2/c1-21(2)20(25)29-22(11-23,12-34(21,31)26-3)14-7-13(5-6-15(14)24)18-8-16(30-33-18)17-9-28-19(32-4)10-27-17;3-2(4,5)1(6)7/h5-10H,11-12H2,1-4H3,(H2,25,29);(H,6,7)/t22-,34+;/m1./s1. The highest BCUT2D eigenvalue weighted by Gasteiger charge is 2.50. The van der Waals surface area contributed by atoms with E-state index in [0.717, 1.165) is 0 Å². The zero-order valence-corrected chi connectivity index (χ0v) is 22.9. The molecule has 1 aliphatic rings. The summed E-state index contributed by atoms with van der Waals surface area (Å²) in [6.45, 7) is 2.15. The number of benzene rings is 1. The number of carbonyl (C=O) groups is 1. The van der Waals surface area contributed by atoms with Crippen molar-refractivity contribution in [1.29, 1.82) is 0 Å². The molecule has 0 fully saturated rings. The quantitative estimate of drug-likeness (QED) is 0.410. The number of methoxy groups -OCH3 is 1. The van der Waals surface area contributed by atoms with Crippen LogP contribution in [0.3, 0.4) is 0 Å². The van der Waals surface area contributed by atoms with E-state index in [2.05, 4.69) is 24.5 Å². The molecule has 3 heterocycles. The van der Waals surface area contributed by atoms with Crippen LogP contribution in [0.15, 0.2) is 50.5 Å². The van der Waals surface area contributed by atoms with E-state index in [0.29, 0.717) is 22.8 Å². The molecule has 1 aromatic carbocycles. The lowest BCUT2D eigenvalue weighted by Gasteiger charge is -2.41. The molecule has 0 spiro atoms. The third-order valence-corrected chi connectivity index (χ3v) is 9.57. The normalized spacial score (nSPS) is 21.7. The highest BCUT2D eigenvalue weighted by Crippen LogP contribution is 2.41. The first-order valence-electron chi connectivity index (χ1n) is 11.5. The Morgan fingerprint density at radius 1 is 1.22 bits per heavy atom. The summed E-state index contributed by atoms with van der Waals surface area (Å²) in [4.78, 5) is 21.5. The van der Waals surface area contributed by atoms with E-state index in [-0.39, 0.29) is 22.9 Å². The number of carboxylic acid groups (broad SMARTS) is 1. The van der Waals surface area contributed by atoms with Crippen LogP contribution in [-0.4, -0.2) is 73.8 Å². The maximum atomic E-state index is 15.0. The summed E-state index contributed by atoms with van der Waals surface area (Å²) in [5.74, 6) is -3.19. The number of ether oxygens (including phenoxy) is 1. The minimum atomic E-state index is -5.08. The van der Waals surface area contributed by atoms with Gasteiger partial charge in [0, 0.05) is 24.2 Å². The third kappa shape index (κ3) is 6.13. The number of alkyl halides is 4. The number of carboxylic acids is 1. The van der Waals surface area contributed by atoms with Gasteiger partial charge in [-0.3, -0.25) is 4.99 Å². The van der Waals surface area contributed by atoms with E-state index < -0.39 is 44.7 Å². The molecule has 2 aromatic heterocycles. The average Bonchev–Trinajstić information content (AvgIpc) is 3.42. The zero-order chi connectivity index (χ0) is 30.8. The lowest BCUT2D eigenvalue weighted by Crippen LogP contribution is -2.56. The van der Waals surface area contributed by atoms with Crippen LogP contribution in [0.2, 0.25) is 0 Å². The fourth-order valence-corrected chi connectivity index (χ4v) is 6.02. The minimum Gasteiger partial charge on any atom is -0.480 e. The fraction of sp³-hybridized carbons (Fsp3) is 0.375. The van der Waals surface area contributed by atoms with Gasteiger partial charge in [0.25, 0.3) is 0 Å². The molecule has 4 rings (SSSR count). The van der Waals surface area contributed by atoms with Crippen LogP contribution < -0.4 is 10.5 Å². The molecule has 222 valence electrons.